The number of likely N-dealkylation sites (N-methyl/N-ethyl adjacent to an activating group) is 4. The Balaban J connectivity index is 1.73. The first-order valence-electron chi connectivity index (χ1n) is 8.19. The molecule has 118 valence electrons. The summed E-state index contributed by atoms with van der Waals surface area (Å²) in [7, 11) is 11.2. The second-order valence-corrected chi connectivity index (χ2v) is 7.46. The van der Waals surface area contributed by atoms with Gasteiger partial charge in [0.1, 0.15) is 0 Å². The first-order valence-corrected chi connectivity index (χ1v) is 8.19. The van der Waals surface area contributed by atoms with Crippen LogP contribution in [0.5, 0.6) is 0 Å². The molecule has 4 nitrogen and oxygen atoms in total. The fourth-order valence-electron chi connectivity index (χ4n) is 4.05. The zero-order chi connectivity index (χ0) is 14.7. The van der Waals surface area contributed by atoms with E-state index in [9.17, 15) is 0 Å². The van der Waals surface area contributed by atoms with E-state index in [4.69, 9.17) is 0 Å². The van der Waals surface area contributed by atoms with E-state index >= 15 is 0 Å². The lowest BCUT2D eigenvalue weighted by molar-refractivity contribution is 0.199. The number of nitrogens with zero attached hydrogens (tertiary/aromatic N) is 4. The Morgan fingerprint density at radius 3 is 2.30 bits per heavy atom. The van der Waals surface area contributed by atoms with Crippen molar-refractivity contribution in [3.05, 3.63) is 0 Å². The Labute approximate surface area is 125 Å². The van der Waals surface area contributed by atoms with Gasteiger partial charge in [-0.2, -0.15) is 0 Å². The van der Waals surface area contributed by atoms with Gasteiger partial charge >= 0.3 is 0 Å². The number of rotatable bonds is 6. The molecule has 2 saturated heterocycles. The normalized spacial score (nSPS) is 32.9. The van der Waals surface area contributed by atoms with Crippen LogP contribution in [0.2, 0.25) is 0 Å². The summed E-state index contributed by atoms with van der Waals surface area (Å²) in [5.41, 5.74) is 0. The molecule has 0 aliphatic carbocycles. The van der Waals surface area contributed by atoms with Crippen molar-refractivity contribution in [2.24, 2.45) is 5.92 Å². The van der Waals surface area contributed by atoms with Gasteiger partial charge in [-0.15, -0.1) is 0 Å². The minimum Gasteiger partial charge on any atom is -0.308 e. The average molecular weight is 282 g/mol. The Hall–Kier alpha value is -0.160. The summed E-state index contributed by atoms with van der Waals surface area (Å²) in [4.78, 5) is 9.98. The van der Waals surface area contributed by atoms with E-state index in [2.05, 4.69) is 54.8 Å². The van der Waals surface area contributed by atoms with Crippen molar-refractivity contribution in [3.63, 3.8) is 0 Å². The van der Waals surface area contributed by atoms with Gasteiger partial charge in [0.25, 0.3) is 0 Å². The third-order valence-corrected chi connectivity index (χ3v) is 5.11. The summed E-state index contributed by atoms with van der Waals surface area (Å²) < 4.78 is 0. The second-order valence-electron chi connectivity index (χ2n) is 7.46. The molecule has 2 fully saturated rings. The monoisotopic (exact) mass is 282 g/mol. The zero-order valence-corrected chi connectivity index (χ0v) is 14.2. The minimum atomic E-state index is 0.748. The van der Waals surface area contributed by atoms with E-state index in [1.54, 1.807) is 0 Å². The maximum Gasteiger partial charge on any atom is 0.0223 e. The lowest BCUT2D eigenvalue weighted by Crippen LogP contribution is -2.38. The summed E-state index contributed by atoms with van der Waals surface area (Å²) in [5, 5.41) is 0. The van der Waals surface area contributed by atoms with Crippen molar-refractivity contribution in [2.75, 3.05) is 68.0 Å². The van der Waals surface area contributed by atoms with Gasteiger partial charge in [0.15, 0.2) is 0 Å². The van der Waals surface area contributed by atoms with Crippen LogP contribution in [0.1, 0.15) is 19.3 Å². The Morgan fingerprint density at radius 1 is 0.950 bits per heavy atom. The topological polar surface area (TPSA) is 13.0 Å². The SMILES string of the molecule is CN(C)C[C@H]1CC(CN(C)C[C@@H]2CCCN2C)CN1C. The number of hydrogen-bond acceptors (Lipinski definition) is 4. The highest BCUT2D eigenvalue weighted by Crippen LogP contribution is 2.23. The molecule has 0 bridgehead atoms. The largest absolute Gasteiger partial charge is 0.308 e. The van der Waals surface area contributed by atoms with Crippen molar-refractivity contribution in [1.29, 1.82) is 0 Å². The zero-order valence-electron chi connectivity index (χ0n) is 14.2. The van der Waals surface area contributed by atoms with Gasteiger partial charge in [-0.05, 0) is 67.0 Å². The molecule has 3 atom stereocenters. The first-order chi connectivity index (χ1) is 9.45. The van der Waals surface area contributed by atoms with Crippen molar-refractivity contribution in [2.45, 2.75) is 31.3 Å². The Kier molecular flexibility index (Phi) is 5.84. The van der Waals surface area contributed by atoms with Gasteiger partial charge in [0.05, 0.1) is 0 Å². The standard InChI is InChI=1S/C16H34N4/c1-17(2)12-16-9-14(11-20(16)5)10-18(3)13-15-7-6-8-19(15)4/h14-16H,6-13H2,1-5H3/t14?,15-,16+/m0/s1. The highest BCUT2D eigenvalue weighted by molar-refractivity contribution is 4.87. The highest BCUT2D eigenvalue weighted by atomic mass is 15.2. The fourth-order valence-corrected chi connectivity index (χ4v) is 4.05. The van der Waals surface area contributed by atoms with Crippen LogP contribution >= 0.6 is 0 Å². The molecule has 0 amide bonds. The molecule has 0 aromatic heterocycles. The molecule has 0 saturated carbocycles. The van der Waals surface area contributed by atoms with E-state index in [-0.39, 0.29) is 0 Å². The van der Waals surface area contributed by atoms with E-state index in [0.717, 1.165) is 18.0 Å². The molecule has 0 spiro atoms. The predicted molar refractivity (Wildman–Crippen MR) is 86.2 cm³/mol. The minimum absolute atomic E-state index is 0.748. The molecule has 2 heterocycles. The van der Waals surface area contributed by atoms with E-state index < -0.39 is 0 Å². The molecule has 1 unspecified atom stereocenters. The number of likely N-dealkylation sites (tertiary alicyclic amines) is 2. The van der Waals surface area contributed by atoms with Crippen molar-refractivity contribution in [1.82, 2.24) is 19.6 Å². The van der Waals surface area contributed by atoms with Crippen LogP contribution in [0, 0.1) is 5.92 Å². The summed E-state index contributed by atoms with van der Waals surface area (Å²) in [5.74, 6) is 0.849. The Bertz CT molecular complexity index is 294. The van der Waals surface area contributed by atoms with E-state index in [1.165, 1.54) is 52.0 Å². The van der Waals surface area contributed by atoms with Crippen molar-refractivity contribution in [3.8, 4) is 0 Å². The maximum atomic E-state index is 2.57. The predicted octanol–water partition coefficient (Wildman–Crippen LogP) is 0.894. The van der Waals surface area contributed by atoms with Crippen LogP contribution in [-0.2, 0) is 0 Å². The summed E-state index contributed by atoms with van der Waals surface area (Å²) in [6.45, 7) is 6.26. The molecule has 2 aliphatic heterocycles. The molecular weight excluding hydrogens is 248 g/mol. The molecular formula is C16H34N4. The van der Waals surface area contributed by atoms with E-state index in [0.29, 0.717) is 0 Å². The van der Waals surface area contributed by atoms with Crippen LogP contribution in [-0.4, -0.2) is 99.6 Å². The molecule has 0 radical (unpaired) electrons. The molecule has 4 heteroatoms. The quantitative estimate of drug-likeness (QED) is 0.717. The lowest BCUT2D eigenvalue weighted by Gasteiger charge is -2.27. The molecule has 0 N–H and O–H groups in total. The van der Waals surface area contributed by atoms with Crippen LogP contribution in [0.15, 0.2) is 0 Å². The van der Waals surface area contributed by atoms with E-state index in [1.807, 2.05) is 0 Å². The molecule has 20 heavy (non-hydrogen) atoms. The Morgan fingerprint density at radius 2 is 1.70 bits per heavy atom. The fraction of sp³-hybridized carbons (Fsp3) is 1.00. The lowest BCUT2D eigenvalue weighted by atomic mass is 10.0. The third-order valence-electron chi connectivity index (χ3n) is 5.11. The van der Waals surface area contributed by atoms with Gasteiger partial charge in [-0.1, -0.05) is 0 Å². The van der Waals surface area contributed by atoms with Gasteiger partial charge in [0.2, 0.25) is 0 Å². The van der Waals surface area contributed by atoms with Crippen LogP contribution in [0.3, 0.4) is 0 Å². The van der Waals surface area contributed by atoms with Gasteiger partial charge in [-0.25, -0.2) is 0 Å². The van der Waals surface area contributed by atoms with Gasteiger partial charge in [-0.3, -0.25) is 0 Å². The van der Waals surface area contributed by atoms with Crippen molar-refractivity contribution >= 4 is 0 Å². The van der Waals surface area contributed by atoms with Crippen LogP contribution in [0.4, 0.5) is 0 Å². The van der Waals surface area contributed by atoms with Crippen LogP contribution < -0.4 is 0 Å². The third kappa shape index (κ3) is 4.42. The first kappa shape index (κ1) is 16.2. The molecule has 0 aromatic rings. The summed E-state index contributed by atoms with van der Waals surface area (Å²) >= 11 is 0. The second kappa shape index (κ2) is 7.21. The van der Waals surface area contributed by atoms with Crippen LogP contribution in [0.25, 0.3) is 0 Å². The molecule has 2 aliphatic rings. The maximum absolute atomic E-state index is 2.57. The molecule has 0 aromatic carbocycles. The van der Waals surface area contributed by atoms with Crippen molar-refractivity contribution < 1.29 is 0 Å². The summed E-state index contributed by atoms with van der Waals surface area (Å²) in [6.07, 6.45) is 4.13. The molecule has 2 rings (SSSR count). The summed E-state index contributed by atoms with van der Waals surface area (Å²) in [6, 6.07) is 1.54. The van der Waals surface area contributed by atoms with Gasteiger partial charge < -0.3 is 19.6 Å². The average Bonchev–Trinajstić information content (AvgIpc) is 2.86. The van der Waals surface area contributed by atoms with Gasteiger partial charge in [0, 0.05) is 38.3 Å². The highest BCUT2D eigenvalue weighted by Gasteiger charge is 2.31. The smallest absolute Gasteiger partial charge is 0.0223 e. The number of hydrogen-bond donors (Lipinski definition) is 0.